The number of likely N-dealkylation sites (N-methyl/N-ethyl adjacent to an activating group) is 1. The van der Waals surface area contributed by atoms with Crippen molar-refractivity contribution in [3.8, 4) is 0 Å². The van der Waals surface area contributed by atoms with E-state index in [1.807, 2.05) is 0 Å². The first-order chi connectivity index (χ1) is 15.1. The summed E-state index contributed by atoms with van der Waals surface area (Å²) in [6.45, 7) is 0.827. The van der Waals surface area contributed by atoms with E-state index in [0.29, 0.717) is 19.6 Å². The Morgan fingerprint density at radius 3 is 2.47 bits per heavy atom. The number of amides is 2. The second-order valence-corrected chi connectivity index (χ2v) is 8.48. The van der Waals surface area contributed by atoms with Gasteiger partial charge in [0.1, 0.15) is 0 Å². The van der Waals surface area contributed by atoms with Crippen LogP contribution < -0.4 is 10.0 Å². The van der Waals surface area contributed by atoms with E-state index in [-0.39, 0.29) is 34.3 Å². The molecule has 172 valence electrons. The van der Waals surface area contributed by atoms with Gasteiger partial charge in [-0.15, -0.1) is 0 Å². The number of nitro benzene ring substituents is 1. The minimum atomic E-state index is -4.06. The molecule has 2 amide bonds. The lowest BCUT2D eigenvalue weighted by atomic mass is 10.2. The Bertz CT molecular complexity index is 1070. The first-order valence-corrected chi connectivity index (χ1v) is 11.0. The second kappa shape index (κ2) is 11.2. The third-order valence-electron chi connectivity index (χ3n) is 4.30. The fourth-order valence-electron chi connectivity index (χ4n) is 2.67. The molecule has 0 heterocycles. The topological polar surface area (TPSA) is 148 Å². The molecule has 0 aliphatic rings. The maximum absolute atomic E-state index is 12.5. The zero-order valence-electron chi connectivity index (χ0n) is 17.6. The summed E-state index contributed by atoms with van der Waals surface area (Å²) in [6, 6.07) is 10.3. The van der Waals surface area contributed by atoms with Gasteiger partial charge in [0, 0.05) is 50.7 Å². The minimum Gasteiger partial charge on any atom is -0.385 e. The molecule has 2 rings (SSSR count). The van der Waals surface area contributed by atoms with Gasteiger partial charge in [-0.25, -0.2) is 8.42 Å². The van der Waals surface area contributed by atoms with Crippen LogP contribution in [0.25, 0.3) is 0 Å². The van der Waals surface area contributed by atoms with E-state index in [2.05, 4.69) is 10.0 Å². The summed E-state index contributed by atoms with van der Waals surface area (Å²) in [5.41, 5.74) is 0.0872. The van der Waals surface area contributed by atoms with Crippen LogP contribution in [0.3, 0.4) is 0 Å². The molecule has 2 aromatic rings. The van der Waals surface area contributed by atoms with Crippen LogP contribution >= 0.6 is 0 Å². The van der Waals surface area contributed by atoms with Crippen LogP contribution in [-0.2, 0) is 19.6 Å². The maximum Gasteiger partial charge on any atom is 0.270 e. The standard InChI is InChI=1S/C20H24N4O7S/c1-23(14-19(25)21-11-4-12-31-2)20(26)15-7-9-16(10-8-15)22-32(29,30)18-6-3-5-17(13-18)24(27)28/h3,5-10,13,22H,4,11-12,14H2,1-2H3,(H,21,25). The van der Waals surface area contributed by atoms with Crippen molar-refractivity contribution >= 4 is 33.2 Å². The molecular weight excluding hydrogens is 440 g/mol. The Kier molecular flexibility index (Phi) is 8.67. The molecule has 0 saturated carbocycles. The highest BCUT2D eigenvalue weighted by atomic mass is 32.2. The number of benzene rings is 2. The third-order valence-corrected chi connectivity index (χ3v) is 5.68. The number of methoxy groups -OCH3 is 1. The summed E-state index contributed by atoms with van der Waals surface area (Å²) in [5.74, 6) is -0.719. The van der Waals surface area contributed by atoms with Gasteiger partial charge in [-0.1, -0.05) is 6.07 Å². The van der Waals surface area contributed by atoms with Gasteiger partial charge in [0.15, 0.2) is 0 Å². The highest BCUT2D eigenvalue weighted by Gasteiger charge is 2.19. The van der Waals surface area contributed by atoms with Gasteiger partial charge in [0.05, 0.1) is 16.4 Å². The van der Waals surface area contributed by atoms with Crippen LogP contribution in [0.15, 0.2) is 53.4 Å². The molecular formula is C20H24N4O7S. The third kappa shape index (κ3) is 7.03. The molecule has 32 heavy (non-hydrogen) atoms. The summed E-state index contributed by atoms with van der Waals surface area (Å²) in [7, 11) is -1.01. The van der Waals surface area contributed by atoms with Crippen molar-refractivity contribution in [2.75, 3.05) is 38.6 Å². The number of nitro groups is 1. The van der Waals surface area contributed by atoms with Gasteiger partial charge >= 0.3 is 0 Å². The fourth-order valence-corrected chi connectivity index (χ4v) is 3.76. The SMILES string of the molecule is COCCCNC(=O)CN(C)C(=O)c1ccc(NS(=O)(=O)c2cccc([N+](=O)[O-])c2)cc1. The lowest BCUT2D eigenvalue weighted by Crippen LogP contribution is -2.38. The molecule has 12 heteroatoms. The Balaban J connectivity index is 2.00. The number of nitrogens with zero attached hydrogens (tertiary/aromatic N) is 2. The monoisotopic (exact) mass is 464 g/mol. The Labute approximate surface area is 185 Å². The van der Waals surface area contributed by atoms with E-state index in [4.69, 9.17) is 4.74 Å². The largest absolute Gasteiger partial charge is 0.385 e. The molecule has 0 aromatic heterocycles. The van der Waals surface area contributed by atoms with Crippen molar-refractivity contribution < 1.29 is 27.7 Å². The highest BCUT2D eigenvalue weighted by molar-refractivity contribution is 7.92. The summed E-state index contributed by atoms with van der Waals surface area (Å²) < 4.78 is 32.2. The van der Waals surface area contributed by atoms with Crippen LogP contribution in [0.1, 0.15) is 16.8 Å². The highest BCUT2D eigenvalue weighted by Crippen LogP contribution is 2.21. The van der Waals surface area contributed by atoms with Gasteiger partial charge < -0.3 is 15.0 Å². The van der Waals surface area contributed by atoms with Gasteiger partial charge in [0.2, 0.25) is 5.91 Å². The van der Waals surface area contributed by atoms with E-state index >= 15 is 0 Å². The lowest BCUT2D eigenvalue weighted by Gasteiger charge is -2.17. The Hall–Kier alpha value is -3.51. The van der Waals surface area contributed by atoms with E-state index in [9.17, 15) is 28.1 Å². The molecule has 0 aliphatic carbocycles. The Morgan fingerprint density at radius 2 is 1.84 bits per heavy atom. The van der Waals surface area contributed by atoms with E-state index in [1.54, 1.807) is 7.11 Å². The number of carbonyl (C=O) groups excluding carboxylic acids is 2. The van der Waals surface area contributed by atoms with Crippen molar-refractivity contribution in [1.29, 1.82) is 0 Å². The number of rotatable bonds is 11. The number of sulfonamides is 1. The number of nitrogens with one attached hydrogen (secondary N) is 2. The zero-order valence-corrected chi connectivity index (χ0v) is 18.4. The van der Waals surface area contributed by atoms with Crippen LogP contribution in [0.2, 0.25) is 0 Å². The maximum atomic E-state index is 12.5. The number of anilines is 1. The smallest absolute Gasteiger partial charge is 0.270 e. The van der Waals surface area contributed by atoms with E-state index in [1.165, 1.54) is 54.4 Å². The molecule has 0 atom stereocenters. The average molecular weight is 465 g/mol. The predicted molar refractivity (Wildman–Crippen MR) is 117 cm³/mol. The van der Waals surface area contributed by atoms with Gasteiger partial charge in [-0.05, 0) is 36.8 Å². The average Bonchev–Trinajstić information content (AvgIpc) is 2.76. The van der Waals surface area contributed by atoms with Gasteiger partial charge in [0.25, 0.3) is 21.6 Å². The molecule has 0 unspecified atom stereocenters. The lowest BCUT2D eigenvalue weighted by molar-refractivity contribution is -0.385. The van der Waals surface area contributed by atoms with E-state index in [0.717, 1.165) is 6.07 Å². The molecule has 0 saturated heterocycles. The minimum absolute atomic E-state index is 0.132. The fraction of sp³-hybridized carbons (Fsp3) is 0.300. The van der Waals surface area contributed by atoms with Gasteiger partial charge in [-0.2, -0.15) is 0 Å². The molecule has 11 nitrogen and oxygen atoms in total. The summed E-state index contributed by atoms with van der Waals surface area (Å²) in [6.07, 6.45) is 0.660. The van der Waals surface area contributed by atoms with E-state index < -0.39 is 20.9 Å². The number of ether oxygens (including phenoxy) is 1. The molecule has 2 N–H and O–H groups in total. The molecule has 0 aliphatic heterocycles. The van der Waals surface area contributed by atoms with Crippen molar-refractivity contribution in [2.24, 2.45) is 0 Å². The van der Waals surface area contributed by atoms with Crippen LogP contribution in [0, 0.1) is 10.1 Å². The van der Waals surface area contributed by atoms with Gasteiger partial charge in [-0.3, -0.25) is 24.4 Å². The van der Waals surface area contributed by atoms with Crippen LogP contribution in [0.4, 0.5) is 11.4 Å². The quantitative estimate of drug-likeness (QED) is 0.292. The van der Waals surface area contributed by atoms with Crippen molar-refractivity contribution in [3.63, 3.8) is 0 Å². The molecule has 2 aromatic carbocycles. The second-order valence-electron chi connectivity index (χ2n) is 6.79. The number of hydrogen-bond acceptors (Lipinski definition) is 7. The first-order valence-electron chi connectivity index (χ1n) is 9.52. The summed E-state index contributed by atoms with van der Waals surface area (Å²) in [5, 5.41) is 13.5. The first kappa shape index (κ1) is 24.8. The summed E-state index contributed by atoms with van der Waals surface area (Å²) >= 11 is 0. The number of non-ortho nitro benzene ring substituents is 1. The molecule has 0 radical (unpaired) electrons. The number of hydrogen-bond donors (Lipinski definition) is 2. The van der Waals surface area contributed by atoms with Crippen molar-refractivity contribution in [2.45, 2.75) is 11.3 Å². The number of carbonyl (C=O) groups is 2. The predicted octanol–water partition coefficient (Wildman–Crippen LogP) is 1.62. The zero-order chi connectivity index (χ0) is 23.7. The van der Waals surface area contributed by atoms with Crippen LogP contribution in [0.5, 0.6) is 0 Å². The Morgan fingerprint density at radius 1 is 1.16 bits per heavy atom. The molecule has 0 fully saturated rings. The summed E-state index contributed by atoms with van der Waals surface area (Å²) in [4.78, 5) is 35.6. The van der Waals surface area contributed by atoms with Crippen LogP contribution in [-0.4, -0.2) is 63.9 Å². The van der Waals surface area contributed by atoms with Crippen molar-refractivity contribution in [3.05, 3.63) is 64.2 Å². The normalized spacial score (nSPS) is 10.9. The van der Waals surface area contributed by atoms with Crippen molar-refractivity contribution in [1.82, 2.24) is 10.2 Å². The molecule has 0 bridgehead atoms. The molecule has 0 spiro atoms.